The van der Waals surface area contributed by atoms with Crippen LogP contribution in [0.5, 0.6) is 0 Å². The lowest BCUT2D eigenvalue weighted by atomic mass is 10.3. The number of rotatable bonds is 5. The van der Waals surface area contributed by atoms with Crippen LogP contribution in [0.1, 0.15) is 4.88 Å². The second kappa shape index (κ2) is 8.33. The fraction of sp³-hybridized carbons (Fsp3) is 0.353. The number of halogens is 1. The predicted molar refractivity (Wildman–Crippen MR) is 101 cm³/mol. The largest absolute Gasteiger partial charge is 0.339 e. The zero-order valence-electron chi connectivity index (χ0n) is 12.8. The van der Waals surface area contributed by atoms with Gasteiger partial charge in [-0.2, -0.15) is 0 Å². The van der Waals surface area contributed by atoms with E-state index >= 15 is 0 Å². The summed E-state index contributed by atoms with van der Waals surface area (Å²) in [5, 5.41) is 2.12. The number of thiophene rings is 1. The van der Waals surface area contributed by atoms with Crippen molar-refractivity contribution in [3.05, 3.63) is 51.1 Å². The smallest absolute Gasteiger partial charge is 0.233 e. The first-order valence-corrected chi connectivity index (χ1v) is 10.3. The van der Waals surface area contributed by atoms with Crippen LogP contribution in [-0.4, -0.2) is 47.6 Å². The fourth-order valence-electron chi connectivity index (χ4n) is 2.55. The van der Waals surface area contributed by atoms with Crippen LogP contribution in [0.2, 0.25) is 0 Å². The van der Waals surface area contributed by atoms with E-state index in [9.17, 15) is 4.79 Å². The van der Waals surface area contributed by atoms with Gasteiger partial charge in [-0.25, -0.2) is 0 Å². The Kier molecular flexibility index (Phi) is 6.16. The molecule has 0 aliphatic carbocycles. The molecule has 2 heterocycles. The molecule has 0 saturated carbocycles. The van der Waals surface area contributed by atoms with Gasteiger partial charge in [-0.3, -0.25) is 9.69 Å². The Labute approximate surface area is 153 Å². The van der Waals surface area contributed by atoms with Gasteiger partial charge in [0.2, 0.25) is 5.91 Å². The molecule has 1 aliphatic rings. The van der Waals surface area contributed by atoms with Gasteiger partial charge in [0.05, 0.1) is 5.75 Å². The van der Waals surface area contributed by atoms with Crippen LogP contribution in [0.25, 0.3) is 0 Å². The lowest BCUT2D eigenvalue weighted by Crippen LogP contribution is -2.48. The highest BCUT2D eigenvalue weighted by Crippen LogP contribution is 2.21. The molecule has 1 aliphatic heterocycles. The number of nitrogens with zero attached hydrogens (tertiary/aromatic N) is 2. The predicted octanol–water partition coefficient (Wildman–Crippen LogP) is 3.95. The van der Waals surface area contributed by atoms with Gasteiger partial charge in [-0.05, 0) is 35.7 Å². The minimum atomic E-state index is 0.244. The van der Waals surface area contributed by atoms with Crippen molar-refractivity contribution in [2.75, 3.05) is 31.9 Å². The van der Waals surface area contributed by atoms with Gasteiger partial charge in [0, 0.05) is 47.0 Å². The second-order valence-corrected chi connectivity index (χ2v) is 8.48. The molecule has 2 aromatic rings. The number of carbonyl (C=O) groups excluding carboxylic acids is 1. The number of piperazine rings is 1. The maximum Gasteiger partial charge on any atom is 0.233 e. The van der Waals surface area contributed by atoms with E-state index in [2.05, 4.69) is 38.3 Å². The van der Waals surface area contributed by atoms with Crippen LogP contribution in [0.4, 0.5) is 0 Å². The quantitative estimate of drug-likeness (QED) is 0.697. The van der Waals surface area contributed by atoms with E-state index in [4.69, 9.17) is 0 Å². The van der Waals surface area contributed by atoms with E-state index in [0.717, 1.165) is 42.1 Å². The standard InChI is InChI=1S/C17H19BrN2OS2/c18-14-3-5-15(6-4-14)23-13-17(21)20-9-7-19(8-10-20)12-16-2-1-11-22-16/h1-6,11H,7-10,12-13H2. The van der Waals surface area contributed by atoms with Crippen molar-refractivity contribution < 1.29 is 4.79 Å². The molecule has 0 unspecified atom stereocenters. The van der Waals surface area contributed by atoms with Crippen molar-refractivity contribution >= 4 is 44.9 Å². The Morgan fingerprint density at radius 2 is 1.87 bits per heavy atom. The minimum Gasteiger partial charge on any atom is -0.339 e. The molecule has 1 saturated heterocycles. The lowest BCUT2D eigenvalue weighted by Gasteiger charge is -2.34. The van der Waals surface area contributed by atoms with E-state index in [1.54, 1.807) is 23.1 Å². The first-order valence-electron chi connectivity index (χ1n) is 7.61. The van der Waals surface area contributed by atoms with Gasteiger partial charge in [0.25, 0.3) is 0 Å². The van der Waals surface area contributed by atoms with Gasteiger partial charge in [-0.1, -0.05) is 22.0 Å². The Morgan fingerprint density at radius 1 is 1.13 bits per heavy atom. The number of hydrogen-bond acceptors (Lipinski definition) is 4. The van der Waals surface area contributed by atoms with Crippen LogP contribution < -0.4 is 0 Å². The molecule has 0 radical (unpaired) electrons. The number of thioether (sulfide) groups is 1. The fourth-order valence-corrected chi connectivity index (χ4v) is 4.36. The number of amides is 1. The molecule has 23 heavy (non-hydrogen) atoms. The van der Waals surface area contributed by atoms with E-state index in [0.29, 0.717) is 5.75 Å². The Hall–Kier alpha value is -0.820. The Bertz CT molecular complexity index is 623. The molecule has 0 atom stereocenters. The van der Waals surface area contributed by atoms with Crippen molar-refractivity contribution in [3.8, 4) is 0 Å². The summed E-state index contributed by atoms with van der Waals surface area (Å²) in [6.07, 6.45) is 0. The van der Waals surface area contributed by atoms with Crippen LogP contribution >= 0.6 is 39.0 Å². The Balaban J connectivity index is 1.42. The first kappa shape index (κ1) is 17.0. The van der Waals surface area contributed by atoms with Crippen LogP contribution in [0.15, 0.2) is 51.1 Å². The molecule has 3 nitrogen and oxygen atoms in total. The summed E-state index contributed by atoms with van der Waals surface area (Å²) in [6.45, 7) is 4.61. The topological polar surface area (TPSA) is 23.6 Å². The van der Waals surface area contributed by atoms with E-state index in [-0.39, 0.29) is 5.91 Å². The highest BCUT2D eigenvalue weighted by Gasteiger charge is 2.21. The Morgan fingerprint density at radius 3 is 2.52 bits per heavy atom. The average molecular weight is 411 g/mol. The molecule has 0 N–H and O–H groups in total. The van der Waals surface area contributed by atoms with Gasteiger partial charge >= 0.3 is 0 Å². The zero-order valence-corrected chi connectivity index (χ0v) is 16.0. The molecular formula is C17H19BrN2OS2. The van der Waals surface area contributed by atoms with Crippen molar-refractivity contribution in [1.82, 2.24) is 9.80 Å². The number of carbonyl (C=O) groups is 1. The van der Waals surface area contributed by atoms with Gasteiger partial charge in [0.15, 0.2) is 0 Å². The first-order chi connectivity index (χ1) is 11.2. The van der Waals surface area contributed by atoms with E-state index in [1.165, 1.54) is 4.88 Å². The summed E-state index contributed by atoms with van der Waals surface area (Å²) in [5.74, 6) is 0.765. The molecule has 122 valence electrons. The maximum absolute atomic E-state index is 12.3. The minimum absolute atomic E-state index is 0.244. The highest BCUT2D eigenvalue weighted by atomic mass is 79.9. The van der Waals surface area contributed by atoms with E-state index < -0.39 is 0 Å². The third kappa shape index (κ3) is 5.08. The molecule has 1 aromatic carbocycles. The zero-order chi connectivity index (χ0) is 16.1. The summed E-state index contributed by atoms with van der Waals surface area (Å²) >= 11 is 6.84. The average Bonchev–Trinajstić information content (AvgIpc) is 3.08. The molecule has 1 aromatic heterocycles. The van der Waals surface area contributed by atoms with Crippen molar-refractivity contribution in [3.63, 3.8) is 0 Å². The molecule has 3 rings (SSSR count). The molecule has 6 heteroatoms. The van der Waals surface area contributed by atoms with Crippen LogP contribution in [0.3, 0.4) is 0 Å². The highest BCUT2D eigenvalue weighted by molar-refractivity contribution is 9.10. The SMILES string of the molecule is O=C(CSc1ccc(Br)cc1)N1CCN(Cc2cccs2)CC1. The molecule has 1 fully saturated rings. The van der Waals surface area contributed by atoms with E-state index in [1.807, 2.05) is 29.2 Å². The molecule has 0 spiro atoms. The van der Waals surface area contributed by atoms with Gasteiger partial charge in [0.1, 0.15) is 0 Å². The number of benzene rings is 1. The normalized spacial score (nSPS) is 15.8. The third-order valence-electron chi connectivity index (χ3n) is 3.86. The summed E-state index contributed by atoms with van der Waals surface area (Å²) in [5.41, 5.74) is 0. The van der Waals surface area contributed by atoms with Gasteiger partial charge in [-0.15, -0.1) is 23.1 Å². The van der Waals surface area contributed by atoms with Gasteiger partial charge < -0.3 is 4.90 Å². The van der Waals surface area contributed by atoms with Crippen LogP contribution in [-0.2, 0) is 11.3 Å². The third-order valence-corrected chi connectivity index (χ3v) is 6.25. The summed E-state index contributed by atoms with van der Waals surface area (Å²) < 4.78 is 1.06. The molecule has 1 amide bonds. The van der Waals surface area contributed by atoms with Crippen molar-refractivity contribution in [2.24, 2.45) is 0 Å². The lowest BCUT2D eigenvalue weighted by molar-refractivity contribution is -0.130. The van der Waals surface area contributed by atoms with Crippen molar-refractivity contribution in [1.29, 1.82) is 0 Å². The van der Waals surface area contributed by atoms with Crippen LogP contribution in [0, 0.1) is 0 Å². The summed E-state index contributed by atoms with van der Waals surface area (Å²) in [4.78, 5) is 19.3. The summed E-state index contributed by atoms with van der Waals surface area (Å²) in [6, 6.07) is 12.4. The monoisotopic (exact) mass is 410 g/mol. The van der Waals surface area contributed by atoms with Crippen molar-refractivity contribution in [2.45, 2.75) is 11.4 Å². The molecule has 0 bridgehead atoms. The number of hydrogen-bond donors (Lipinski definition) is 0. The second-order valence-electron chi connectivity index (χ2n) is 5.48. The summed E-state index contributed by atoms with van der Waals surface area (Å²) in [7, 11) is 0. The molecular weight excluding hydrogens is 392 g/mol. The maximum atomic E-state index is 12.3.